The number of hydrogen-bond acceptors (Lipinski definition) is 5. The molecule has 2 aliphatic heterocycles. The van der Waals surface area contributed by atoms with Crippen LogP contribution in [0.4, 0.5) is 22.7 Å². The molecule has 0 radical (unpaired) electrons. The van der Waals surface area contributed by atoms with E-state index in [-0.39, 0.29) is 11.7 Å². The molecule has 0 atom stereocenters. The van der Waals surface area contributed by atoms with Crippen molar-refractivity contribution in [2.75, 3.05) is 15.2 Å². The molecule has 0 saturated heterocycles. The molecule has 0 saturated carbocycles. The summed E-state index contributed by atoms with van der Waals surface area (Å²) in [5.74, 6) is 0.383. The number of fused-ring (bicyclic) bond motifs is 2. The Morgan fingerprint density at radius 2 is 1.50 bits per heavy atom. The number of benzene rings is 5. The van der Waals surface area contributed by atoms with E-state index in [0.29, 0.717) is 22.2 Å². The number of amidine groups is 2. The Hall–Kier alpha value is -5.20. The lowest BCUT2D eigenvalue weighted by Gasteiger charge is -2.29. The van der Waals surface area contributed by atoms with Gasteiger partial charge in [0.15, 0.2) is 0 Å². The fourth-order valence-electron chi connectivity index (χ4n) is 5.05. The van der Waals surface area contributed by atoms with Crippen LogP contribution < -0.4 is 15.2 Å². The molecule has 0 unspecified atom stereocenters. The van der Waals surface area contributed by atoms with Gasteiger partial charge in [0, 0.05) is 27.7 Å². The molecule has 7 heteroatoms. The lowest BCUT2D eigenvalue weighted by atomic mass is 10.0. The minimum atomic E-state index is -0.370. The zero-order chi connectivity index (χ0) is 27.1. The molecule has 7 rings (SSSR count). The highest BCUT2D eigenvalue weighted by Gasteiger charge is 2.34. The third kappa shape index (κ3) is 4.21. The van der Waals surface area contributed by atoms with Crippen LogP contribution in [0.5, 0.6) is 0 Å². The summed E-state index contributed by atoms with van der Waals surface area (Å²) in [6.45, 7) is 0. The van der Waals surface area contributed by atoms with Crippen LogP contribution in [-0.2, 0) is 4.79 Å². The van der Waals surface area contributed by atoms with Crippen LogP contribution in [-0.4, -0.2) is 17.6 Å². The second-order valence-corrected chi connectivity index (χ2v) is 9.83. The topological polar surface area (TPSA) is 60.3 Å². The normalized spacial score (nSPS) is 14.1. The first-order valence-electron chi connectivity index (χ1n) is 12.8. The van der Waals surface area contributed by atoms with Gasteiger partial charge in [0.05, 0.1) is 22.8 Å². The van der Waals surface area contributed by atoms with Crippen molar-refractivity contribution >= 4 is 68.4 Å². The van der Waals surface area contributed by atoms with Gasteiger partial charge >= 0.3 is 0 Å². The number of halogens is 1. The Labute approximate surface area is 236 Å². The largest absolute Gasteiger partial charge is 0.319 e. The second-order valence-electron chi connectivity index (χ2n) is 9.39. The molecule has 1 N–H and O–H groups in total. The summed E-state index contributed by atoms with van der Waals surface area (Å²) in [7, 11) is 0. The Kier molecular flexibility index (Phi) is 5.87. The molecule has 6 nitrogen and oxygen atoms in total. The first-order chi connectivity index (χ1) is 19.7. The molecule has 0 bridgehead atoms. The number of carbonyl (C=O) groups is 1. The van der Waals surface area contributed by atoms with Crippen LogP contribution in [0.1, 0.15) is 5.56 Å². The van der Waals surface area contributed by atoms with Gasteiger partial charge in [-0.15, -0.1) is 5.10 Å². The van der Waals surface area contributed by atoms with Crippen LogP contribution in [0, 0.1) is 0 Å². The van der Waals surface area contributed by atoms with E-state index in [9.17, 15) is 4.79 Å². The highest BCUT2D eigenvalue weighted by atomic mass is 35.5. The average Bonchev–Trinajstić information content (AvgIpc) is 3.16. The van der Waals surface area contributed by atoms with Crippen LogP contribution >= 0.6 is 11.6 Å². The van der Waals surface area contributed by atoms with Gasteiger partial charge < -0.3 is 5.32 Å². The minimum Gasteiger partial charge on any atom is -0.319 e. The summed E-state index contributed by atoms with van der Waals surface area (Å²) in [6.07, 6.45) is 1.97. The average molecular weight is 540 g/mol. The molecule has 40 heavy (non-hydrogen) atoms. The smallest absolute Gasteiger partial charge is 0.293 e. The summed E-state index contributed by atoms with van der Waals surface area (Å²) in [5.41, 5.74) is 4.71. The number of hydrazone groups is 1. The monoisotopic (exact) mass is 539 g/mol. The SMILES string of the molecule is O=C(Nc1ccccc1)C1=NN(c2cccc(Cl)c2)C(c2ccccc2)=CC2=Nc3cccc4cccc(c34)N21. The van der Waals surface area contributed by atoms with Gasteiger partial charge in [-0.05, 0) is 47.9 Å². The quantitative estimate of drug-likeness (QED) is 0.253. The summed E-state index contributed by atoms with van der Waals surface area (Å²) < 4.78 is 0. The van der Waals surface area contributed by atoms with E-state index in [1.54, 1.807) is 5.01 Å². The van der Waals surface area contributed by atoms with Crippen molar-refractivity contribution in [3.63, 3.8) is 0 Å². The molecule has 5 aromatic rings. The Morgan fingerprint density at radius 1 is 0.775 bits per heavy atom. The maximum Gasteiger partial charge on any atom is 0.293 e. The number of nitrogens with zero attached hydrogens (tertiary/aromatic N) is 4. The Balaban J connectivity index is 1.50. The molecule has 0 aromatic heterocycles. The molecule has 0 spiro atoms. The zero-order valence-corrected chi connectivity index (χ0v) is 22.0. The molecular weight excluding hydrogens is 518 g/mol. The summed E-state index contributed by atoms with van der Waals surface area (Å²) in [4.78, 5) is 21.0. The number of nitrogens with one attached hydrogen (secondary N) is 1. The molecular formula is C33H22ClN5O. The van der Waals surface area contributed by atoms with E-state index in [1.807, 2.05) is 132 Å². The maximum atomic E-state index is 14.1. The van der Waals surface area contributed by atoms with Gasteiger partial charge in [0.2, 0.25) is 5.84 Å². The van der Waals surface area contributed by atoms with E-state index in [0.717, 1.165) is 33.4 Å². The summed E-state index contributed by atoms with van der Waals surface area (Å²) in [6, 6.07) is 38.8. The van der Waals surface area contributed by atoms with Crippen LogP contribution in [0.25, 0.3) is 16.5 Å². The van der Waals surface area contributed by atoms with Crippen molar-refractivity contribution < 1.29 is 4.79 Å². The third-order valence-corrected chi connectivity index (χ3v) is 7.06. The van der Waals surface area contributed by atoms with E-state index >= 15 is 0 Å². The Bertz CT molecular complexity index is 1860. The molecule has 1 amide bonds. The van der Waals surface area contributed by atoms with Gasteiger partial charge in [0.1, 0.15) is 5.84 Å². The molecule has 5 aromatic carbocycles. The van der Waals surface area contributed by atoms with E-state index in [2.05, 4.69) is 5.32 Å². The van der Waals surface area contributed by atoms with E-state index in [1.165, 1.54) is 0 Å². The van der Waals surface area contributed by atoms with Gasteiger partial charge in [-0.25, -0.2) is 10.0 Å². The van der Waals surface area contributed by atoms with E-state index < -0.39 is 0 Å². The lowest BCUT2D eigenvalue weighted by molar-refractivity contribution is -0.110. The predicted molar refractivity (Wildman–Crippen MR) is 164 cm³/mol. The minimum absolute atomic E-state index is 0.173. The molecule has 0 aliphatic carbocycles. The van der Waals surface area contributed by atoms with Crippen molar-refractivity contribution in [2.24, 2.45) is 10.1 Å². The Morgan fingerprint density at radius 3 is 2.27 bits per heavy atom. The van der Waals surface area contributed by atoms with Crippen molar-refractivity contribution in [3.8, 4) is 0 Å². The maximum absolute atomic E-state index is 14.1. The van der Waals surface area contributed by atoms with Gasteiger partial charge in [0.25, 0.3) is 5.91 Å². The number of rotatable bonds is 4. The fraction of sp³-hybridized carbons (Fsp3) is 0. The number of hydrogen-bond donors (Lipinski definition) is 1. The van der Waals surface area contributed by atoms with E-state index in [4.69, 9.17) is 21.7 Å². The first-order valence-corrected chi connectivity index (χ1v) is 13.2. The van der Waals surface area contributed by atoms with Gasteiger partial charge in [-0.3, -0.25) is 9.69 Å². The highest BCUT2D eigenvalue weighted by Crippen LogP contribution is 2.41. The molecule has 0 fully saturated rings. The lowest BCUT2D eigenvalue weighted by Crippen LogP contribution is -2.44. The van der Waals surface area contributed by atoms with Crippen molar-refractivity contribution in [3.05, 3.63) is 138 Å². The summed E-state index contributed by atoms with van der Waals surface area (Å²) in [5, 5.41) is 12.4. The van der Waals surface area contributed by atoms with Crippen molar-refractivity contribution in [1.82, 2.24) is 0 Å². The number of para-hydroxylation sites is 1. The number of amides is 1. The number of carbonyl (C=O) groups excluding carboxylic acids is 1. The second kappa shape index (κ2) is 9.84. The van der Waals surface area contributed by atoms with Crippen molar-refractivity contribution in [2.45, 2.75) is 0 Å². The van der Waals surface area contributed by atoms with Crippen LogP contribution in [0.15, 0.2) is 137 Å². The molecule has 2 aliphatic rings. The summed E-state index contributed by atoms with van der Waals surface area (Å²) >= 11 is 6.43. The standard InChI is InChI=1S/C33H22ClN5O/c34-24-14-9-17-26(20-24)39-29(22-10-3-1-4-11-22)21-30-36-27-18-7-12-23-13-8-19-28(31(23)27)38(30)32(37-39)33(40)35-25-15-5-2-6-16-25/h1-21H,(H,35,40). The molecule has 192 valence electrons. The van der Waals surface area contributed by atoms with Crippen molar-refractivity contribution in [1.29, 1.82) is 0 Å². The molecule has 2 heterocycles. The van der Waals surface area contributed by atoms with Gasteiger partial charge in [-0.1, -0.05) is 90.5 Å². The third-order valence-electron chi connectivity index (χ3n) is 6.82. The highest BCUT2D eigenvalue weighted by molar-refractivity contribution is 6.53. The van der Waals surface area contributed by atoms with Gasteiger partial charge in [-0.2, -0.15) is 0 Å². The predicted octanol–water partition coefficient (Wildman–Crippen LogP) is 7.86. The zero-order valence-electron chi connectivity index (χ0n) is 21.2. The van der Waals surface area contributed by atoms with Crippen LogP contribution in [0.2, 0.25) is 5.02 Å². The fourth-order valence-corrected chi connectivity index (χ4v) is 5.23. The number of anilines is 3. The first kappa shape index (κ1) is 23.9. The van der Waals surface area contributed by atoms with Crippen LogP contribution in [0.3, 0.4) is 0 Å². The number of aliphatic imine (C=N–C) groups is 1.